The van der Waals surface area contributed by atoms with Crippen LogP contribution in [0.5, 0.6) is 0 Å². The van der Waals surface area contributed by atoms with Gasteiger partial charge in [0.05, 0.1) is 16.1 Å². The fourth-order valence-electron chi connectivity index (χ4n) is 2.92. The summed E-state index contributed by atoms with van der Waals surface area (Å²) >= 11 is 1.44. The number of fused-ring (bicyclic) bond motifs is 2. The summed E-state index contributed by atoms with van der Waals surface area (Å²) in [7, 11) is 0. The normalized spacial score (nSPS) is 16.5. The van der Waals surface area contributed by atoms with Crippen molar-refractivity contribution in [2.45, 2.75) is 19.3 Å². The summed E-state index contributed by atoms with van der Waals surface area (Å²) in [6.07, 6.45) is 0.146. The SMILES string of the molecule is Cc1ccc2nc(NC(=O)C3CC(=O)Nc4ccccc43)sc2c1. The second-order valence-corrected chi connectivity index (χ2v) is 6.90. The molecule has 2 aromatic carbocycles. The number of aryl methyl sites for hydroxylation is 1. The molecule has 0 spiro atoms. The molecule has 2 amide bonds. The van der Waals surface area contributed by atoms with E-state index in [0.717, 1.165) is 21.3 Å². The largest absolute Gasteiger partial charge is 0.326 e. The van der Waals surface area contributed by atoms with Crippen LogP contribution in [-0.4, -0.2) is 16.8 Å². The van der Waals surface area contributed by atoms with Gasteiger partial charge in [0.15, 0.2) is 5.13 Å². The van der Waals surface area contributed by atoms with Crippen molar-refractivity contribution >= 4 is 44.2 Å². The minimum absolute atomic E-state index is 0.145. The van der Waals surface area contributed by atoms with Gasteiger partial charge in [-0.25, -0.2) is 4.98 Å². The number of benzene rings is 2. The molecule has 6 heteroatoms. The van der Waals surface area contributed by atoms with E-state index in [4.69, 9.17) is 0 Å². The number of para-hydroxylation sites is 1. The molecule has 0 saturated carbocycles. The molecule has 24 heavy (non-hydrogen) atoms. The Bertz CT molecular complexity index is 964. The molecule has 2 heterocycles. The zero-order chi connectivity index (χ0) is 16.7. The summed E-state index contributed by atoms with van der Waals surface area (Å²) in [5.41, 5.74) is 3.56. The molecule has 1 aliphatic rings. The number of nitrogens with one attached hydrogen (secondary N) is 2. The Balaban J connectivity index is 1.62. The van der Waals surface area contributed by atoms with Gasteiger partial charge in [0.2, 0.25) is 11.8 Å². The molecule has 0 radical (unpaired) electrons. The van der Waals surface area contributed by atoms with E-state index in [2.05, 4.69) is 15.6 Å². The molecule has 1 unspecified atom stereocenters. The summed E-state index contributed by atoms with van der Waals surface area (Å²) < 4.78 is 1.03. The Labute approximate surface area is 142 Å². The first-order valence-corrected chi connectivity index (χ1v) is 8.48. The zero-order valence-corrected chi connectivity index (χ0v) is 13.8. The summed E-state index contributed by atoms with van der Waals surface area (Å²) in [5.74, 6) is -0.842. The number of thiazole rings is 1. The standard InChI is InChI=1S/C18H15N3O2S/c1-10-6-7-14-15(8-10)24-18(20-14)21-17(23)12-9-16(22)19-13-5-3-2-4-11(12)13/h2-8,12H,9H2,1H3,(H,19,22)(H,20,21,23). The number of carbonyl (C=O) groups excluding carboxylic acids is 2. The third kappa shape index (κ3) is 2.65. The van der Waals surface area contributed by atoms with E-state index in [0.29, 0.717) is 10.8 Å². The van der Waals surface area contributed by atoms with Crippen molar-refractivity contribution in [1.29, 1.82) is 0 Å². The van der Waals surface area contributed by atoms with Gasteiger partial charge in [-0.3, -0.25) is 9.59 Å². The van der Waals surface area contributed by atoms with Crippen molar-refractivity contribution in [3.8, 4) is 0 Å². The number of anilines is 2. The number of rotatable bonds is 2. The van der Waals surface area contributed by atoms with Crippen molar-refractivity contribution in [3.63, 3.8) is 0 Å². The minimum Gasteiger partial charge on any atom is -0.326 e. The Morgan fingerprint density at radius 1 is 1.29 bits per heavy atom. The lowest BCUT2D eigenvalue weighted by Gasteiger charge is -2.24. The van der Waals surface area contributed by atoms with Gasteiger partial charge in [-0.15, -0.1) is 0 Å². The number of nitrogens with zero attached hydrogens (tertiary/aromatic N) is 1. The van der Waals surface area contributed by atoms with Gasteiger partial charge in [-0.05, 0) is 36.2 Å². The fraction of sp³-hybridized carbons (Fsp3) is 0.167. The van der Waals surface area contributed by atoms with Crippen LogP contribution in [0.2, 0.25) is 0 Å². The molecule has 5 nitrogen and oxygen atoms in total. The molecule has 0 aliphatic carbocycles. The molecule has 1 aliphatic heterocycles. The summed E-state index contributed by atoms with van der Waals surface area (Å²) in [5, 5.41) is 6.23. The number of hydrogen-bond donors (Lipinski definition) is 2. The molecule has 4 rings (SSSR count). The van der Waals surface area contributed by atoms with Gasteiger partial charge in [-0.2, -0.15) is 0 Å². The Morgan fingerprint density at radius 3 is 3.00 bits per heavy atom. The van der Waals surface area contributed by atoms with E-state index in [1.54, 1.807) is 0 Å². The van der Waals surface area contributed by atoms with E-state index >= 15 is 0 Å². The van der Waals surface area contributed by atoms with Crippen LogP contribution in [0.15, 0.2) is 42.5 Å². The minimum atomic E-state index is -0.497. The topological polar surface area (TPSA) is 71.1 Å². The van der Waals surface area contributed by atoms with E-state index in [1.807, 2.05) is 49.4 Å². The van der Waals surface area contributed by atoms with Crippen LogP contribution < -0.4 is 10.6 Å². The van der Waals surface area contributed by atoms with Gasteiger partial charge >= 0.3 is 0 Å². The smallest absolute Gasteiger partial charge is 0.234 e. The molecular formula is C18H15N3O2S. The van der Waals surface area contributed by atoms with Crippen LogP contribution >= 0.6 is 11.3 Å². The Kier molecular flexibility index (Phi) is 3.54. The highest BCUT2D eigenvalue weighted by Crippen LogP contribution is 2.34. The van der Waals surface area contributed by atoms with E-state index in [-0.39, 0.29) is 18.2 Å². The predicted molar refractivity (Wildman–Crippen MR) is 95.4 cm³/mol. The second kappa shape index (κ2) is 5.72. The van der Waals surface area contributed by atoms with Gasteiger partial charge in [0.25, 0.3) is 0 Å². The maximum atomic E-state index is 12.7. The first kappa shape index (κ1) is 14.8. The monoisotopic (exact) mass is 337 g/mol. The zero-order valence-electron chi connectivity index (χ0n) is 13.0. The lowest BCUT2D eigenvalue weighted by molar-refractivity contribution is -0.123. The van der Waals surface area contributed by atoms with Gasteiger partial charge in [-0.1, -0.05) is 35.6 Å². The van der Waals surface area contributed by atoms with Crippen LogP contribution in [0.1, 0.15) is 23.5 Å². The summed E-state index contributed by atoms with van der Waals surface area (Å²) in [6, 6.07) is 13.4. The van der Waals surface area contributed by atoms with Crippen molar-refractivity contribution in [1.82, 2.24) is 4.98 Å². The highest BCUT2D eigenvalue weighted by Gasteiger charge is 2.30. The number of carbonyl (C=O) groups is 2. The predicted octanol–water partition coefficient (Wildman–Crippen LogP) is 3.67. The van der Waals surface area contributed by atoms with Gasteiger partial charge in [0.1, 0.15) is 0 Å². The van der Waals surface area contributed by atoms with Crippen LogP contribution in [0.25, 0.3) is 10.2 Å². The third-order valence-corrected chi connectivity index (χ3v) is 5.02. The summed E-state index contributed by atoms with van der Waals surface area (Å²) in [6.45, 7) is 2.02. The lowest BCUT2D eigenvalue weighted by atomic mass is 9.90. The summed E-state index contributed by atoms with van der Waals surface area (Å²) in [4.78, 5) is 29.0. The van der Waals surface area contributed by atoms with E-state index in [1.165, 1.54) is 11.3 Å². The van der Waals surface area contributed by atoms with Crippen molar-refractivity contribution in [2.75, 3.05) is 10.6 Å². The van der Waals surface area contributed by atoms with Crippen LogP contribution in [0.4, 0.5) is 10.8 Å². The average Bonchev–Trinajstić information content (AvgIpc) is 2.95. The van der Waals surface area contributed by atoms with Gasteiger partial charge < -0.3 is 10.6 Å². The number of hydrogen-bond acceptors (Lipinski definition) is 4. The van der Waals surface area contributed by atoms with Crippen molar-refractivity contribution in [3.05, 3.63) is 53.6 Å². The molecule has 3 aromatic rings. The van der Waals surface area contributed by atoms with Crippen LogP contribution in [-0.2, 0) is 9.59 Å². The fourth-order valence-corrected chi connectivity index (χ4v) is 3.89. The van der Waals surface area contributed by atoms with Gasteiger partial charge in [0, 0.05) is 12.1 Å². The Hall–Kier alpha value is -2.73. The van der Waals surface area contributed by atoms with Crippen molar-refractivity contribution in [2.24, 2.45) is 0 Å². The maximum Gasteiger partial charge on any atom is 0.234 e. The van der Waals surface area contributed by atoms with E-state index < -0.39 is 5.92 Å². The third-order valence-electron chi connectivity index (χ3n) is 4.09. The molecule has 1 aromatic heterocycles. The number of aromatic nitrogens is 1. The molecular weight excluding hydrogens is 322 g/mol. The first-order valence-electron chi connectivity index (χ1n) is 7.67. The van der Waals surface area contributed by atoms with Crippen LogP contribution in [0.3, 0.4) is 0 Å². The van der Waals surface area contributed by atoms with Crippen LogP contribution in [0, 0.1) is 6.92 Å². The average molecular weight is 337 g/mol. The molecule has 1 atom stereocenters. The number of amides is 2. The highest BCUT2D eigenvalue weighted by molar-refractivity contribution is 7.22. The van der Waals surface area contributed by atoms with Crippen molar-refractivity contribution < 1.29 is 9.59 Å². The van der Waals surface area contributed by atoms with E-state index in [9.17, 15) is 9.59 Å². The molecule has 0 bridgehead atoms. The first-order chi connectivity index (χ1) is 11.6. The maximum absolute atomic E-state index is 12.7. The lowest BCUT2D eigenvalue weighted by Crippen LogP contribution is -2.30. The molecule has 2 N–H and O–H groups in total. The molecule has 0 saturated heterocycles. The molecule has 0 fully saturated rings. The second-order valence-electron chi connectivity index (χ2n) is 5.87. The highest BCUT2D eigenvalue weighted by atomic mass is 32.1. The molecule has 120 valence electrons. The quantitative estimate of drug-likeness (QED) is 0.749. The Morgan fingerprint density at radius 2 is 2.12 bits per heavy atom.